The minimum atomic E-state index is -0.864. The van der Waals surface area contributed by atoms with Crippen molar-refractivity contribution in [3.05, 3.63) is 17.7 Å². The average Bonchev–Trinajstić information content (AvgIpc) is 2.90. The van der Waals surface area contributed by atoms with Gasteiger partial charge in [0.2, 0.25) is 11.9 Å². The highest BCUT2D eigenvalue weighted by atomic mass is 16.6. The molecule has 0 aliphatic carbocycles. The highest BCUT2D eigenvalue weighted by Gasteiger charge is 2.31. The van der Waals surface area contributed by atoms with Crippen LogP contribution in [-0.2, 0) is 14.3 Å². The molecule has 0 N–H and O–H groups in total. The lowest BCUT2D eigenvalue weighted by Gasteiger charge is -2.14. The largest absolute Gasteiger partial charge is 0.493 e. The van der Waals surface area contributed by atoms with Gasteiger partial charge in [-0.15, -0.1) is 0 Å². The summed E-state index contributed by atoms with van der Waals surface area (Å²) in [6.45, 7) is 0.256. The van der Waals surface area contributed by atoms with Crippen LogP contribution in [0.5, 0.6) is 17.2 Å². The van der Waals surface area contributed by atoms with Crippen LogP contribution in [-0.4, -0.2) is 46.0 Å². The van der Waals surface area contributed by atoms with Gasteiger partial charge in [-0.1, -0.05) is 0 Å². The number of hydrogen-bond acceptors (Lipinski definition) is 7. The molecule has 0 amide bonds. The van der Waals surface area contributed by atoms with Crippen molar-refractivity contribution < 1.29 is 33.3 Å². The molecule has 1 fully saturated rings. The Balaban J connectivity index is 2.26. The zero-order valence-electron chi connectivity index (χ0n) is 12.0. The third-order valence-corrected chi connectivity index (χ3v) is 3.04. The van der Waals surface area contributed by atoms with Crippen LogP contribution in [0.4, 0.5) is 0 Å². The summed E-state index contributed by atoms with van der Waals surface area (Å²) in [5, 5.41) is 0. The smallest absolute Gasteiger partial charge is 0.347 e. The van der Waals surface area contributed by atoms with Crippen LogP contribution in [0.1, 0.15) is 16.8 Å². The third-order valence-electron chi connectivity index (χ3n) is 3.04. The van der Waals surface area contributed by atoms with Crippen molar-refractivity contribution in [2.45, 2.75) is 12.5 Å². The maximum absolute atomic E-state index is 12.1. The first-order valence-electron chi connectivity index (χ1n) is 6.28. The molecule has 1 aliphatic rings. The molecule has 1 aliphatic heterocycles. The number of cyclic esters (lactones) is 1. The van der Waals surface area contributed by atoms with E-state index in [0.29, 0.717) is 23.7 Å². The number of rotatable bonds is 5. The Morgan fingerprint density at radius 2 is 1.76 bits per heavy atom. The molecule has 0 bridgehead atoms. The third kappa shape index (κ3) is 3.01. The SMILES string of the molecule is COc1cc(C(=O)O[C@@H]2CCOC2=O)cc(OC)c1OC. The zero-order chi connectivity index (χ0) is 15.4. The molecular weight excluding hydrogens is 280 g/mol. The Morgan fingerprint density at radius 3 is 2.19 bits per heavy atom. The Labute approximate surface area is 121 Å². The summed E-state index contributed by atoms with van der Waals surface area (Å²) in [6, 6.07) is 2.92. The minimum Gasteiger partial charge on any atom is -0.493 e. The van der Waals surface area contributed by atoms with Crippen LogP contribution in [0, 0.1) is 0 Å². The molecule has 114 valence electrons. The fourth-order valence-electron chi connectivity index (χ4n) is 1.98. The highest BCUT2D eigenvalue weighted by Crippen LogP contribution is 2.38. The number of benzene rings is 1. The van der Waals surface area contributed by atoms with Crippen molar-refractivity contribution in [2.24, 2.45) is 0 Å². The van der Waals surface area contributed by atoms with Crippen molar-refractivity contribution >= 4 is 11.9 Å². The second-order valence-corrected chi connectivity index (χ2v) is 4.26. The van der Waals surface area contributed by atoms with Gasteiger partial charge < -0.3 is 23.7 Å². The fourth-order valence-corrected chi connectivity index (χ4v) is 1.98. The van der Waals surface area contributed by atoms with Gasteiger partial charge in [-0.2, -0.15) is 0 Å². The number of methoxy groups -OCH3 is 3. The Bertz CT molecular complexity index is 527. The van der Waals surface area contributed by atoms with E-state index in [2.05, 4.69) is 0 Å². The lowest BCUT2D eigenvalue weighted by Crippen LogP contribution is -2.22. The number of ether oxygens (including phenoxy) is 5. The zero-order valence-corrected chi connectivity index (χ0v) is 12.0. The molecule has 0 radical (unpaired) electrons. The topological polar surface area (TPSA) is 80.3 Å². The van der Waals surface area contributed by atoms with Crippen LogP contribution in [0.2, 0.25) is 0 Å². The van der Waals surface area contributed by atoms with Gasteiger partial charge in [-0.3, -0.25) is 0 Å². The summed E-state index contributed by atoms with van der Waals surface area (Å²) in [5.41, 5.74) is 0.198. The second-order valence-electron chi connectivity index (χ2n) is 4.26. The van der Waals surface area contributed by atoms with E-state index in [1.165, 1.54) is 33.5 Å². The molecule has 0 saturated carbocycles. The summed E-state index contributed by atoms with van der Waals surface area (Å²) >= 11 is 0. The van der Waals surface area contributed by atoms with E-state index in [-0.39, 0.29) is 12.2 Å². The fraction of sp³-hybridized carbons (Fsp3) is 0.429. The monoisotopic (exact) mass is 296 g/mol. The lowest BCUT2D eigenvalue weighted by atomic mass is 10.1. The van der Waals surface area contributed by atoms with Gasteiger partial charge in [0.1, 0.15) is 0 Å². The maximum atomic E-state index is 12.1. The van der Waals surface area contributed by atoms with E-state index in [0.717, 1.165) is 0 Å². The van der Waals surface area contributed by atoms with Crippen molar-refractivity contribution in [1.82, 2.24) is 0 Å². The van der Waals surface area contributed by atoms with Gasteiger partial charge >= 0.3 is 11.9 Å². The van der Waals surface area contributed by atoms with Crippen LogP contribution in [0.3, 0.4) is 0 Å². The summed E-state index contributed by atoms with van der Waals surface area (Å²) in [6.07, 6.45) is -0.508. The van der Waals surface area contributed by atoms with E-state index in [1.807, 2.05) is 0 Å². The van der Waals surface area contributed by atoms with Crippen LogP contribution in [0.25, 0.3) is 0 Å². The summed E-state index contributed by atoms with van der Waals surface area (Å²) in [5.74, 6) is -0.152. The maximum Gasteiger partial charge on any atom is 0.347 e. The van der Waals surface area contributed by atoms with E-state index in [4.69, 9.17) is 23.7 Å². The second kappa shape index (κ2) is 6.34. The minimum absolute atomic E-state index is 0.198. The number of esters is 2. The van der Waals surface area contributed by atoms with Gasteiger partial charge in [0.15, 0.2) is 11.5 Å². The Kier molecular flexibility index (Phi) is 4.52. The van der Waals surface area contributed by atoms with Gasteiger partial charge in [-0.25, -0.2) is 9.59 Å². The highest BCUT2D eigenvalue weighted by molar-refractivity contribution is 5.93. The number of hydrogen-bond donors (Lipinski definition) is 0. The molecule has 2 rings (SSSR count). The predicted octanol–water partition coefficient (Wildman–Crippen LogP) is 1.18. The number of carbonyl (C=O) groups is 2. The van der Waals surface area contributed by atoms with Crippen LogP contribution < -0.4 is 14.2 Å². The molecule has 1 saturated heterocycles. The van der Waals surface area contributed by atoms with Crippen molar-refractivity contribution in [3.8, 4) is 17.2 Å². The molecule has 0 spiro atoms. The first-order chi connectivity index (χ1) is 10.1. The molecule has 1 aromatic carbocycles. The van der Waals surface area contributed by atoms with Crippen molar-refractivity contribution in [1.29, 1.82) is 0 Å². The van der Waals surface area contributed by atoms with Gasteiger partial charge in [0.25, 0.3) is 0 Å². The molecule has 7 heteroatoms. The van der Waals surface area contributed by atoms with E-state index >= 15 is 0 Å². The molecule has 0 unspecified atom stereocenters. The van der Waals surface area contributed by atoms with Crippen LogP contribution >= 0.6 is 0 Å². The molecule has 1 heterocycles. The summed E-state index contributed by atoms with van der Waals surface area (Å²) < 4.78 is 25.3. The average molecular weight is 296 g/mol. The summed E-state index contributed by atoms with van der Waals surface area (Å²) in [4.78, 5) is 23.4. The van der Waals surface area contributed by atoms with Gasteiger partial charge in [0, 0.05) is 6.42 Å². The number of carbonyl (C=O) groups excluding carboxylic acids is 2. The quantitative estimate of drug-likeness (QED) is 0.755. The molecule has 1 aromatic rings. The first kappa shape index (κ1) is 15.0. The Hall–Kier alpha value is -2.44. The van der Waals surface area contributed by atoms with Gasteiger partial charge in [-0.05, 0) is 12.1 Å². The van der Waals surface area contributed by atoms with Crippen molar-refractivity contribution in [2.75, 3.05) is 27.9 Å². The molecule has 7 nitrogen and oxygen atoms in total. The van der Waals surface area contributed by atoms with E-state index in [9.17, 15) is 9.59 Å². The van der Waals surface area contributed by atoms with Gasteiger partial charge in [0.05, 0.1) is 33.5 Å². The standard InChI is InChI=1S/C14H16O7/c1-17-10-6-8(7-11(18-2)12(10)19-3)13(15)21-9-4-5-20-14(9)16/h6-7,9H,4-5H2,1-3H3/t9-/m1/s1. The first-order valence-corrected chi connectivity index (χ1v) is 6.28. The molecule has 1 atom stereocenters. The molecule has 21 heavy (non-hydrogen) atoms. The molecule has 0 aromatic heterocycles. The summed E-state index contributed by atoms with van der Waals surface area (Å²) in [7, 11) is 4.36. The normalized spacial score (nSPS) is 17.1. The molecular formula is C14H16O7. The predicted molar refractivity (Wildman–Crippen MR) is 70.9 cm³/mol. The van der Waals surface area contributed by atoms with Crippen LogP contribution in [0.15, 0.2) is 12.1 Å². The van der Waals surface area contributed by atoms with Crippen molar-refractivity contribution in [3.63, 3.8) is 0 Å². The Morgan fingerprint density at radius 1 is 1.14 bits per heavy atom. The lowest BCUT2D eigenvalue weighted by molar-refractivity contribution is -0.145. The van der Waals surface area contributed by atoms with E-state index < -0.39 is 18.0 Å². The van der Waals surface area contributed by atoms with E-state index in [1.54, 1.807) is 0 Å².